The number of hydrogen-bond donors (Lipinski definition) is 2. The van der Waals surface area contributed by atoms with Crippen LogP contribution >= 0.6 is 11.3 Å². The number of nitrogens with zero attached hydrogens (tertiary/aromatic N) is 3. The number of rotatable bonds is 5. The van der Waals surface area contributed by atoms with Crippen molar-refractivity contribution in [2.45, 2.75) is 6.92 Å². The van der Waals surface area contributed by atoms with Gasteiger partial charge in [0.25, 0.3) is 0 Å². The molecule has 2 N–H and O–H groups in total. The summed E-state index contributed by atoms with van der Waals surface area (Å²) in [6, 6.07) is 8.33. The molecular weight excluding hydrogens is 338 g/mol. The summed E-state index contributed by atoms with van der Waals surface area (Å²) in [6.07, 6.45) is 3.06. The third kappa shape index (κ3) is 3.72. The van der Waals surface area contributed by atoms with E-state index >= 15 is 0 Å². The first-order chi connectivity index (χ1) is 12.1. The summed E-state index contributed by atoms with van der Waals surface area (Å²) in [4.78, 5) is 5.17. The number of aromatic nitrogens is 1. The van der Waals surface area contributed by atoms with Crippen LogP contribution in [0, 0.1) is 0 Å². The highest BCUT2D eigenvalue weighted by atomic mass is 32.1. The number of phenols is 2. The van der Waals surface area contributed by atoms with Crippen LogP contribution in [0.4, 0.5) is 0 Å². The van der Waals surface area contributed by atoms with Gasteiger partial charge in [0.05, 0.1) is 19.0 Å². The molecule has 0 bridgehead atoms. The second kappa shape index (κ2) is 7.23. The van der Waals surface area contributed by atoms with Crippen LogP contribution in [0.1, 0.15) is 12.5 Å². The molecule has 0 saturated heterocycles. The minimum absolute atomic E-state index is 0.197. The van der Waals surface area contributed by atoms with Crippen molar-refractivity contribution in [2.24, 2.45) is 10.1 Å². The summed E-state index contributed by atoms with van der Waals surface area (Å²) in [7, 11) is 0. The van der Waals surface area contributed by atoms with Crippen molar-refractivity contribution in [1.29, 1.82) is 0 Å². The van der Waals surface area contributed by atoms with Gasteiger partial charge in [0.1, 0.15) is 5.69 Å². The van der Waals surface area contributed by atoms with Gasteiger partial charge in [-0.25, -0.2) is 4.68 Å². The van der Waals surface area contributed by atoms with Crippen molar-refractivity contribution in [3.63, 3.8) is 0 Å². The van der Waals surface area contributed by atoms with Crippen LogP contribution in [0.5, 0.6) is 11.5 Å². The molecule has 25 heavy (non-hydrogen) atoms. The van der Waals surface area contributed by atoms with Gasteiger partial charge in [-0.3, -0.25) is 4.99 Å². The first-order valence-corrected chi connectivity index (χ1v) is 8.39. The van der Waals surface area contributed by atoms with Gasteiger partial charge in [-0.15, -0.1) is 11.3 Å². The van der Waals surface area contributed by atoms with Crippen molar-refractivity contribution in [1.82, 2.24) is 4.68 Å². The Balaban J connectivity index is 2.07. The number of hydrogen-bond acceptors (Lipinski definition) is 6. The van der Waals surface area contributed by atoms with E-state index in [0.717, 1.165) is 11.3 Å². The van der Waals surface area contributed by atoms with Crippen LogP contribution in [0.25, 0.3) is 11.5 Å². The van der Waals surface area contributed by atoms with Gasteiger partial charge in [0.2, 0.25) is 4.80 Å². The zero-order valence-corrected chi connectivity index (χ0v) is 14.4. The summed E-state index contributed by atoms with van der Waals surface area (Å²) < 4.78 is 7.09. The molecule has 0 aliphatic heterocycles. The highest BCUT2D eigenvalue weighted by molar-refractivity contribution is 7.07. The highest BCUT2D eigenvalue weighted by Gasteiger charge is 2.10. The molecule has 7 heteroatoms. The predicted molar refractivity (Wildman–Crippen MR) is 98.0 cm³/mol. The van der Waals surface area contributed by atoms with E-state index in [-0.39, 0.29) is 11.5 Å². The van der Waals surface area contributed by atoms with Crippen molar-refractivity contribution >= 4 is 17.6 Å². The molecule has 0 atom stereocenters. The molecule has 1 aromatic carbocycles. The van der Waals surface area contributed by atoms with Crippen molar-refractivity contribution in [3.8, 4) is 23.0 Å². The van der Waals surface area contributed by atoms with E-state index in [1.54, 1.807) is 29.1 Å². The second-order valence-corrected chi connectivity index (χ2v) is 6.26. The van der Waals surface area contributed by atoms with E-state index in [2.05, 4.69) is 16.7 Å². The zero-order chi connectivity index (χ0) is 17.8. The third-order valence-electron chi connectivity index (χ3n) is 3.30. The lowest BCUT2D eigenvalue weighted by Gasteiger charge is -2.03. The molecule has 3 aromatic rings. The lowest BCUT2D eigenvalue weighted by Crippen LogP contribution is -2.12. The molecule has 128 valence electrons. The normalized spacial score (nSPS) is 12.1. The predicted octanol–water partition coefficient (Wildman–Crippen LogP) is 3.58. The Morgan fingerprint density at radius 1 is 1.32 bits per heavy atom. The molecule has 0 aliphatic carbocycles. The molecular formula is C18H17N3O3S. The molecule has 0 aliphatic rings. The van der Waals surface area contributed by atoms with Gasteiger partial charge in [-0.2, -0.15) is 5.10 Å². The fourth-order valence-electron chi connectivity index (χ4n) is 2.09. The number of furan rings is 1. The Hall–Kier alpha value is -3.06. The molecule has 0 saturated carbocycles. The van der Waals surface area contributed by atoms with Crippen LogP contribution in [0.15, 0.2) is 68.6 Å². The monoisotopic (exact) mass is 355 g/mol. The second-order valence-electron chi connectivity index (χ2n) is 5.43. The first kappa shape index (κ1) is 16.8. The average Bonchev–Trinajstić information content (AvgIpc) is 3.23. The van der Waals surface area contributed by atoms with E-state index in [9.17, 15) is 10.2 Å². The summed E-state index contributed by atoms with van der Waals surface area (Å²) in [5, 5.41) is 25.8. The number of thiazole rings is 1. The maximum atomic E-state index is 9.92. The van der Waals surface area contributed by atoms with Gasteiger partial charge < -0.3 is 14.6 Å². The van der Waals surface area contributed by atoms with Crippen LogP contribution in [-0.4, -0.2) is 27.6 Å². The van der Waals surface area contributed by atoms with Gasteiger partial charge in [0.15, 0.2) is 17.3 Å². The fourth-order valence-corrected chi connectivity index (χ4v) is 2.91. The fraction of sp³-hybridized carbons (Fsp3) is 0.111. The molecule has 0 spiro atoms. The summed E-state index contributed by atoms with van der Waals surface area (Å²) in [5.41, 5.74) is 2.08. The minimum atomic E-state index is -0.220. The topological polar surface area (TPSA) is 83.2 Å². The molecule has 2 heterocycles. The smallest absolute Gasteiger partial charge is 0.206 e. The number of phenolic OH excluding ortho intramolecular Hbond substituents is 2. The quantitative estimate of drug-likeness (QED) is 0.417. The molecule has 6 nitrogen and oxygen atoms in total. The molecule has 0 unspecified atom stereocenters. The maximum absolute atomic E-state index is 9.92. The van der Waals surface area contributed by atoms with Crippen LogP contribution in [0.2, 0.25) is 0 Å². The first-order valence-electron chi connectivity index (χ1n) is 7.51. The Morgan fingerprint density at radius 3 is 2.88 bits per heavy atom. The molecule has 0 radical (unpaired) electrons. The Morgan fingerprint density at radius 2 is 2.16 bits per heavy atom. The van der Waals surface area contributed by atoms with Gasteiger partial charge in [0, 0.05) is 10.9 Å². The van der Waals surface area contributed by atoms with E-state index in [1.165, 1.54) is 23.6 Å². The van der Waals surface area contributed by atoms with Crippen LogP contribution in [-0.2, 0) is 0 Å². The van der Waals surface area contributed by atoms with Gasteiger partial charge in [-0.05, 0) is 31.2 Å². The average molecular weight is 355 g/mol. The van der Waals surface area contributed by atoms with Gasteiger partial charge >= 0.3 is 0 Å². The summed E-state index contributed by atoms with van der Waals surface area (Å²) >= 11 is 1.43. The Kier molecular flexibility index (Phi) is 4.85. The summed E-state index contributed by atoms with van der Waals surface area (Å²) in [5.74, 6) is 0.241. The van der Waals surface area contributed by atoms with E-state index in [1.807, 2.05) is 18.4 Å². The number of para-hydroxylation sites is 1. The molecule has 0 amide bonds. The van der Waals surface area contributed by atoms with Crippen molar-refractivity contribution < 1.29 is 14.6 Å². The number of benzene rings is 1. The van der Waals surface area contributed by atoms with Gasteiger partial charge in [-0.1, -0.05) is 18.2 Å². The maximum Gasteiger partial charge on any atom is 0.206 e. The third-order valence-corrected chi connectivity index (χ3v) is 4.16. The van der Waals surface area contributed by atoms with Crippen molar-refractivity contribution in [2.75, 3.05) is 6.54 Å². The van der Waals surface area contributed by atoms with E-state index < -0.39 is 0 Å². The standard InChI is InChI=1S/C18H17N3O3S/c1-12(2)9-19-18-21(14(11-25-18)16-7-4-8-24-16)20-10-13-5-3-6-15(22)17(13)23/h3-8,10-11,22-23H,1,9H2,2H3. The zero-order valence-electron chi connectivity index (χ0n) is 13.6. The Labute approximate surface area is 148 Å². The van der Waals surface area contributed by atoms with Crippen LogP contribution in [0.3, 0.4) is 0 Å². The minimum Gasteiger partial charge on any atom is -0.504 e. The number of aromatic hydroxyl groups is 2. The largest absolute Gasteiger partial charge is 0.504 e. The van der Waals surface area contributed by atoms with E-state index in [4.69, 9.17) is 4.42 Å². The lowest BCUT2D eigenvalue weighted by molar-refractivity contribution is 0.403. The highest BCUT2D eigenvalue weighted by Crippen LogP contribution is 2.27. The SMILES string of the molecule is C=C(C)CN=c1scc(-c2ccco2)n1N=Cc1cccc(O)c1O. The lowest BCUT2D eigenvalue weighted by atomic mass is 10.2. The van der Waals surface area contributed by atoms with Crippen LogP contribution < -0.4 is 4.80 Å². The summed E-state index contributed by atoms with van der Waals surface area (Å²) in [6.45, 7) is 6.25. The molecule has 2 aromatic heterocycles. The molecule has 3 rings (SSSR count). The molecule has 0 fully saturated rings. The Bertz CT molecular complexity index is 981. The van der Waals surface area contributed by atoms with Crippen molar-refractivity contribution in [3.05, 3.63) is 64.5 Å². The van der Waals surface area contributed by atoms with E-state index in [0.29, 0.717) is 22.7 Å².